The lowest BCUT2D eigenvalue weighted by Gasteiger charge is -2.03. The van der Waals surface area contributed by atoms with Crippen LogP contribution >= 0.6 is 11.8 Å². The molecule has 0 aromatic carbocycles. The molecule has 1 aromatic heterocycles. The molecule has 1 atom stereocenters. The van der Waals surface area contributed by atoms with Gasteiger partial charge in [-0.15, -0.1) is 11.8 Å². The smallest absolute Gasteiger partial charge is 0.236 e. The minimum atomic E-state index is -0.674. The van der Waals surface area contributed by atoms with Gasteiger partial charge in [-0.1, -0.05) is 18.5 Å². The number of unbranched alkanes of at least 4 members (excludes halogenated alkanes) is 1. The Morgan fingerprint density at radius 3 is 3.00 bits per heavy atom. The third kappa shape index (κ3) is 4.96. The van der Waals surface area contributed by atoms with E-state index >= 15 is 0 Å². The molecule has 16 heavy (non-hydrogen) atoms. The number of aromatic nitrogens is 2. The van der Waals surface area contributed by atoms with Crippen LogP contribution in [-0.2, 0) is 12.2 Å². The lowest BCUT2D eigenvalue weighted by atomic mass is 10.2. The summed E-state index contributed by atoms with van der Waals surface area (Å²) in [6.45, 7) is 1.91. The summed E-state index contributed by atoms with van der Waals surface area (Å²) in [7, 11) is 0. The Morgan fingerprint density at radius 2 is 2.31 bits per heavy atom. The molecule has 0 spiro atoms. The van der Waals surface area contributed by atoms with Gasteiger partial charge in [-0.25, -0.2) is 0 Å². The predicted octanol–water partition coefficient (Wildman–Crippen LogP) is 0.999. The van der Waals surface area contributed by atoms with Crippen LogP contribution in [0.5, 0.6) is 0 Å². The van der Waals surface area contributed by atoms with Crippen LogP contribution in [-0.4, -0.2) is 38.8 Å². The second kappa shape index (κ2) is 7.65. The van der Waals surface area contributed by atoms with E-state index in [0.29, 0.717) is 17.4 Å². The maximum atomic E-state index is 9.12. The highest BCUT2D eigenvalue weighted by atomic mass is 32.2. The number of rotatable bonds is 8. The topological polar surface area (TPSA) is 79.4 Å². The Labute approximate surface area is 99.2 Å². The molecule has 0 saturated heterocycles. The number of aryl methyl sites for hydroxylation is 1. The average Bonchev–Trinajstić information content (AvgIpc) is 2.74. The van der Waals surface area contributed by atoms with E-state index in [1.165, 1.54) is 11.8 Å². The molecule has 0 amide bonds. The SMILES string of the molecule is CCCCc1noc(CSCC(O)CO)n1. The molecule has 0 saturated carbocycles. The lowest BCUT2D eigenvalue weighted by Crippen LogP contribution is -2.14. The van der Waals surface area contributed by atoms with Crippen molar-refractivity contribution >= 4 is 11.8 Å². The molecule has 0 aliphatic carbocycles. The molecule has 0 fully saturated rings. The van der Waals surface area contributed by atoms with Crippen molar-refractivity contribution in [3.05, 3.63) is 11.7 Å². The quantitative estimate of drug-likeness (QED) is 0.712. The number of hydrogen-bond donors (Lipinski definition) is 2. The van der Waals surface area contributed by atoms with Gasteiger partial charge >= 0.3 is 0 Å². The van der Waals surface area contributed by atoms with Gasteiger partial charge < -0.3 is 14.7 Å². The molecule has 0 aliphatic heterocycles. The first-order chi connectivity index (χ1) is 7.76. The average molecular weight is 246 g/mol. The number of hydrogen-bond acceptors (Lipinski definition) is 6. The summed E-state index contributed by atoms with van der Waals surface area (Å²) in [5.74, 6) is 2.39. The summed E-state index contributed by atoms with van der Waals surface area (Å²) in [6.07, 6.45) is 2.35. The van der Waals surface area contributed by atoms with Crippen molar-refractivity contribution in [3.8, 4) is 0 Å². The van der Waals surface area contributed by atoms with Crippen LogP contribution in [0.1, 0.15) is 31.5 Å². The molecule has 2 N–H and O–H groups in total. The first-order valence-corrected chi connectivity index (χ1v) is 6.59. The Kier molecular flexibility index (Phi) is 6.44. The fourth-order valence-electron chi connectivity index (χ4n) is 1.12. The molecule has 1 rings (SSSR count). The molecule has 0 aliphatic rings. The molecule has 6 heteroatoms. The van der Waals surface area contributed by atoms with Crippen LogP contribution < -0.4 is 0 Å². The standard InChI is InChI=1S/C10H18N2O3S/c1-2-3-4-9-11-10(15-12-9)7-16-6-8(14)5-13/h8,13-14H,2-7H2,1H3. The Morgan fingerprint density at radius 1 is 1.50 bits per heavy atom. The molecular formula is C10H18N2O3S. The van der Waals surface area contributed by atoms with Crippen LogP contribution in [0, 0.1) is 0 Å². The Bertz CT molecular complexity index is 293. The highest BCUT2D eigenvalue weighted by molar-refractivity contribution is 7.98. The van der Waals surface area contributed by atoms with Gasteiger partial charge in [0.05, 0.1) is 18.5 Å². The number of nitrogens with zero attached hydrogens (tertiary/aromatic N) is 2. The molecule has 0 bridgehead atoms. The zero-order valence-corrected chi connectivity index (χ0v) is 10.2. The summed E-state index contributed by atoms with van der Waals surface area (Å²) in [5, 5.41) is 21.6. The van der Waals surface area contributed by atoms with Crippen LogP contribution in [0.2, 0.25) is 0 Å². The van der Waals surface area contributed by atoms with Gasteiger partial charge in [0, 0.05) is 12.2 Å². The van der Waals surface area contributed by atoms with Crippen molar-refractivity contribution in [2.24, 2.45) is 0 Å². The summed E-state index contributed by atoms with van der Waals surface area (Å²) >= 11 is 1.47. The molecule has 5 nitrogen and oxygen atoms in total. The van der Waals surface area contributed by atoms with E-state index in [9.17, 15) is 0 Å². The van der Waals surface area contributed by atoms with E-state index in [1.807, 2.05) is 0 Å². The summed E-state index contributed by atoms with van der Waals surface area (Å²) in [6, 6.07) is 0. The predicted molar refractivity (Wildman–Crippen MR) is 62.2 cm³/mol. The van der Waals surface area contributed by atoms with Crippen LogP contribution in [0.15, 0.2) is 4.52 Å². The normalized spacial score (nSPS) is 12.9. The van der Waals surface area contributed by atoms with Crippen molar-refractivity contribution in [1.82, 2.24) is 10.1 Å². The van der Waals surface area contributed by atoms with Crippen molar-refractivity contribution in [1.29, 1.82) is 0 Å². The highest BCUT2D eigenvalue weighted by Gasteiger charge is 2.07. The first kappa shape index (κ1) is 13.5. The summed E-state index contributed by atoms with van der Waals surface area (Å²) < 4.78 is 5.05. The molecule has 1 aromatic rings. The summed E-state index contributed by atoms with van der Waals surface area (Å²) in [4.78, 5) is 4.23. The van der Waals surface area contributed by atoms with Crippen molar-refractivity contribution < 1.29 is 14.7 Å². The zero-order chi connectivity index (χ0) is 11.8. The van der Waals surface area contributed by atoms with Gasteiger partial charge in [-0.05, 0) is 6.42 Å². The largest absolute Gasteiger partial charge is 0.394 e. The van der Waals surface area contributed by atoms with Crippen LogP contribution in [0.3, 0.4) is 0 Å². The second-order valence-electron chi connectivity index (χ2n) is 3.56. The fraction of sp³-hybridized carbons (Fsp3) is 0.800. The van der Waals surface area contributed by atoms with E-state index < -0.39 is 6.10 Å². The molecule has 1 heterocycles. The Hall–Kier alpha value is -0.590. The molecule has 0 radical (unpaired) electrons. The Balaban J connectivity index is 2.23. The van der Waals surface area contributed by atoms with Gasteiger partial charge in [-0.2, -0.15) is 4.98 Å². The van der Waals surface area contributed by atoms with E-state index in [4.69, 9.17) is 14.7 Å². The van der Waals surface area contributed by atoms with Crippen molar-refractivity contribution in [2.75, 3.05) is 12.4 Å². The minimum absolute atomic E-state index is 0.210. The third-order valence-electron chi connectivity index (χ3n) is 2.01. The minimum Gasteiger partial charge on any atom is -0.394 e. The van der Waals surface area contributed by atoms with Crippen LogP contribution in [0.25, 0.3) is 0 Å². The molecule has 1 unspecified atom stereocenters. The van der Waals surface area contributed by atoms with Crippen molar-refractivity contribution in [3.63, 3.8) is 0 Å². The van der Waals surface area contributed by atoms with Crippen LogP contribution in [0.4, 0.5) is 0 Å². The zero-order valence-electron chi connectivity index (χ0n) is 9.43. The highest BCUT2D eigenvalue weighted by Crippen LogP contribution is 2.12. The van der Waals surface area contributed by atoms with E-state index in [2.05, 4.69) is 17.1 Å². The molecule has 92 valence electrons. The summed E-state index contributed by atoms with van der Waals surface area (Å²) in [5.41, 5.74) is 0. The number of thioether (sulfide) groups is 1. The van der Waals surface area contributed by atoms with Gasteiger partial charge in [-0.3, -0.25) is 0 Å². The van der Waals surface area contributed by atoms with E-state index in [0.717, 1.165) is 25.1 Å². The maximum absolute atomic E-state index is 9.12. The number of aliphatic hydroxyl groups excluding tert-OH is 2. The third-order valence-corrected chi connectivity index (χ3v) is 3.08. The lowest BCUT2D eigenvalue weighted by molar-refractivity contribution is 0.113. The van der Waals surface area contributed by atoms with Crippen molar-refractivity contribution in [2.45, 2.75) is 38.0 Å². The van der Waals surface area contributed by atoms with E-state index in [-0.39, 0.29) is 6.61 Å². The molecular weight excluding hydrogens is 228 g/mol. The van der Waals surface area contributed by atoms with Gasteiger partial charge in [0.2, 0.25) is 5.89 Å². The second-order valence-corrected chi connectivity index (χ2v) is 4.59. The fourth-order valence-corrected chi connectivity index (χ4v) is 1.91. The maximum Gasteiger partial charge on any atom is 0.236 e. The van der Waals surface area contributed by atoms with Gasteiger partial charge in [0.1, 0.15) is 0 Å². The van der Waals surface area contributed by atoms with E-state index in [1.54, 1.807) is 0 Å². The number of aliphatic hydroxyl groups is 2. The first-order valence-electron chi connectivity index (χ1n) is 5.44. The van der Waals surface area contributed by atoms with Gasteiger partial charge in [0.15, 0.2) is 5.82 Å². The monoisotopic (exact) mass is 246 g/mol. The van der Waals surface area contributed by atoms with Gasteiger partial charge in [0.25, 0.3) is 0 Å².